The van der Waals surface area contributed by atoms with E-state index in [9.17, 15) is 13.2 Å². The van der Waals surface area contributed by atoms with Gasteiger partial charge in [0.1, 0.15) is 0 Å². The SMILES string of the molecule is CCOc1ccc(Cl)c(C(=O)Nc2ccc(S(=O)(=O)N3CCCC3)cc2)n1. The highest BCUT2D eigenvalue weighted by Gasteiger charge is 2.27. The van der Waals surface area contributed by atoms with Crippen molar-refractivity contribution in [1.29, 1.82) is 0 Å². The lowest BCUT2D eigenvalue weighted by molar-refractivity contribution is 0.102. The van der Waals surface area contributed by atoms with Gasteiger partial charge in [0, 0.05) is 24.8 Å². The summed E-state index contributed by atoms with van der Waals surface area (Å²) in [7, 11) is -3.48. The van der Waals surface area contributed by atoms with Gasteiger partial charge in [-0.15, -0.1) is 0 Å². The molecule has 0 bridgehead atoms. The van der Waals surface area contributed by atoms with Gasteiger partial charge in [0.25, 0.3) is 5.91 Å². The Morgan fingerprint density at radius 3 is 2.48 bits per heavy atom. The minimum atomic E-state index is -3.48. The van der Waals surface area contributed by atoms with Crippen molar-refractivity contribution in [2.75, 3.05) is 25.0 Å². The summed E-state index contributed by atoms with van der Waals surface area (Å²) in [5, 5.41) is 2.87. The highest BCUT2D eigenvalue weighted by molar-refractivity contribution is 7.89. The van der Waals surface area contributed by atoms with Crippen molar-refractivity contribution in [1.82, 2.24) is 9.29 Å². The van der Waals surface area contributed by atoms with Crippen LogP contribution >= 0.6 is 11.6 Å². The molecule has 1 aromatic heterocycles. The van der Waals surface area contributed by atoms with Crippen LogP contribution in [-0.2, 0) is 10.0 Å². The number of nitrogens with zero attached hydrogens (tertiary/aromatic N) is 2. The van der Waals surface area contributed by atoms with Crippen LogP contribution < -0.4 is 10.1 Å². The normalized spacial score (nSPS) is 14.9. The number of nitrogens with one attached hydrogen (secondary N) is 1. The van der Waals surface area contributed by atoms with Gasteiger partial charge in [-0.25, -0.2) is 13.4 Å². The Balaban J connectivity index is 1.75. The summed E-state index contributed by atoms with van der Waals surface area (Å²) in [5.41, 5.74) is 0.483. The molecular weight excluding hydrogens is 390 g/mol. The van der Waals surface area contributed by atoms with Gasteiger partial charge in [-0.05, 0) is 50.1 Å². The molecular formula is C18H20ClN3O4S. The number of carbonyl (C=O) groups excluding carboxylic acids is 1. The molecule has 1 fully saturated rings. The standard InChI is InChI=1S/C18H20ClN3O4S/c1-2-26-16-10-9-15(19)17(21-16)18(23)20-13-5-7-14(8-6-13)27(24,25)22-11-3-4-12-22/h5-10H,2-4,11-12H2,1H3,(H,20,23). The van der Waals surface area contributed by atoms with Crippen LogP contribution in [0.3, 0.4) is 0 Å². The van der Waals surface area contributed by atoms with Crippen molar-refractivity contribution in [3.63, 3.8) is 0 Å². The molecule has 0 spiro atoms. The molecule has 9 heteroatoms. The first-order chi connectivity index (χ1) is 12.9. The van der Waals surface area contributed by atoms with E-state index in [-0.39, 0.29) is 15.6 Å². The largest absolute Gasteiger partial charge is 0.478 e. The van der Waals surface area contributed by atoms with Gasteiger partial charge >= 0.3 is 0 Å². The fourth-order valence-electron chi connectivity index (χ4n) is 2.79. The molecule has 1 aliphatic rings. The van der Waals surface area contributed by atoms with E-state index >= 15 is 0 Å². The van der Waals surface area contributed by atoms with Crippen molar-refractivity contribution in [3.05, 3.63) is 47.1 Å². The summed E-state index contributed by atoms with van der Waals surface area (Å²) in [6, 6.07) is 9.17. The number of rotatable bonds is 6. The third-order valence-corrected chi connectivity index (χ3v) is 6.36. The second-order valence-corrected chi connectivity index (χ2v) is 8.35. The van der Waals surface area contributed by atoms with Crippen molar-refractivity contribution < 1.29 is 17.9 Å². The Morgan fingerprint density at radius 2 is 1.85 bits per heavy atom. The highest BCUT2D eigenvalue weighted by Crippen LogP contribution is 2.23. The molecule has 2 heterocycles. The smallest absolute Gasteiger partial charge is 0.275 e. The molecule has 1 saturated heterocycles. The van der Waals surface area contributed by atoms with E-state index in [1.807, 2.05) is 6.92 Å². The number of ether oxygens (including phenoxy) is 1. The average molecular weight is 410 g/mol. The van der Waals surface area contributed by atoms with Crippen LogP contribution in [0.1, 0.15) is 30.3 Å². The number of hydrogen-bond acceptors (Lipinski definition) is 5. The third kappa shape index (κ3) is 4.40. The van der Waals surface area contributed by atoms with E-state index < -0.39 is 15.9 Å². The van der Waals surface area contributed by atoms with Crippen LogP contribution in [0.5, 0.6) is 5.88 Å². The van der Waals surface area contributed by atoms with Crippen LogP contribution in [0.4, 0.5) is 5.69 Å². The zero-order valence-corrected chi connectivity index (χ0v) is 16.4. The Morgan fingerprint density at radius 1 is 1.19 bits per heavy atom. The third-order valence-electron chi connectivity index (χ3n) is 4.14. The van der Waals surface area contributed by atoms with Crippen LogP contribution in [0.15, 0.2) is 41.3 Å². The predicted octanol–water partition coefficient (Wildman–Crippen LogP) is 3.17. The van der Waals surface area contributed by atoms with Gasteiger partial charge in [0.05, 0.1) is 16.5 Å². The fraction of sp³-hybridized carbons (Fsp3) is 0.333. The lowest BCUT2D eigenvalue weighted by atomic mass is 10.3. The Labute approximate surface area is 163 Å². The first-order valence-corrected chi connectivity index (χ1v) is 10.4. The molecule has 0 unspecified atom stereocenters. The summed E-state index contributed by atoms with van der Waals surface area (Å²) in [5.74, 6) is -0.198. The monoisotopic (exact) mass is 409 g/mol. The molecule has 27 heavy (non-hydrogen) atoms. The molecule has 7 nitrogen and oxygen atoms in total. The Kier molecular flexibility index (Phi) is 5.98. The number of carbonyl (C=O) groups is 1. The van der Waals surface area contributed by atoms with Crippen molar-refractivity contribution in [3.8, 4) is 5.88 Å². The number of pyridine rings is 1. The number of anilines is 1. The van der Waals surface area contributed by atoms with Crippen molar-refractivity contribution in [2.45, 2.75) is 24.7 Å². The van der Waals surface area contributed by atoms with Gasteiger partial charge in [-0.3, -0.25) is 4.79 Å². The van der Waals surface area contributed by atoms with Crippen LogP contribution in [0.2, 0.25) is 5.02 Å². The molecule has 1 N–H and O–H groups in total. The summed E-state index contributed by atoms with van der Waals surface area (Å²) in [4.78, 5) is 16.7. The molecule has 0 saturated carbocycles. The second kappa shape index (κ2) is 8.24. The number of hydrogen-bond donors (Lipinski definition) is 1. The maximum Gasteiger partial charge on any atom is 0.275 e. The molecule has 1 aromatic carbocycles. The van der Waals surface area contributed by atoms with E-state index in [0.29, 0.717) is 31.3 Å². The molecule has 0 radical (unpaired) electrons. The van der Waals surface area contributed by atoms with E-state index in [1.54, 1.807) is 24.3 Å². The van der Waals surface area contributed by atoms with Gasteiger partial charge in [-0.1, -0.05) is 11.6 Å². The van der Waals surface area contributed by atoms with E-state index in [4.69, 9.17) is 16.3 Å². The number of halogens is 1. The molecule has 3 rings (SSSR count). The van der Waals surface area contributed by atoms with E-state index in [2.05, 4.69) is 10.3 Å². The van der Waals surface area contributed by atoms with Gasteiger partial charge in [0.2, 0.25) is 15.9 Å². The van der Waals surface area contributed by atoms with Crippen molar-refractivity contribution >= 4 is 33.2 Å². The summed E-state index contributed by atoms with van der Waals surface area (Å²) >= 11 is 6.05. The van der Waals surface area contributed by atoms with Crippen LogP contribution in [-0.4, -0.2) is 43.3 Å². The number of aromatic nitrogens is 1. The first-order valence-electron chi connectivity index (χ1n) is 8.62. The average Bonchev–Trinajstić information content (AvgIpc) is 3.19. The van der Waals surface area contributed by atoms with Crippen molar-refractivity contribution in [2.24, 2.45) is 0 Å². The zero-order valence-electron chi connectivity index (χ0n) is 14.8. The molecule has 1 aliphatic heterocycles. The fourth-order valence-corrected chi connectivity index (χ4v) is 4.50. The first kappa shape index (κ1) is 19.6. The molecule has 0 atom stereocenters. The van der Waals surface area contributed by atoms with Gasteiger partial charge in [-0.2, -0.15) is 4.31 Å². The second-order valence-electron chi connectivity index (χ2n) is 6.00. The highest BCUT2D eigenvalue weighted by atomic mass is 35.5. The van der Waals surface area contributed by atoms with Crippen LogP contribution in [0, 0.1) is 0 Å². The predicted molar refractivity (Wildman–Crippen MR) is 103 cm³/mol. The minimum absolute atomic E-state index is 0.0383. The maximum absolute atomic E-state index is 12.5. The number of benzene rings is 1. The lowest BCUT2D eigenvalue weighted by Crippen LogP contribution is -2.27. The van der Waals surface area contributed by atoms with E-state index in [0.717, 1.165) is 12.8 Å². The lowest BCUT2D eigenvalue weighted by Gasteiger charge is -2.15. The molecule has 0 aliphatic carbocycles. The molecule has 144 valence electrons. The minimum Gasteiger partial charge on any atom is -0.478 e. The molecule has 2 aromatic rings. The quantitative estimate of drug-likeness (QED) is 0.791. The van der Waals surface area contributed by atoms with Gasteiger partial charge < -0.3 is 10.1 Å². The summed E-state index contributed by atoms with van der Waals surface area (Å²) < 4.78 is 31.8. The Bertz CT molecular complexity index is 926. The molecule has 1 amide bonds. The Hall–Kier alpha value is -2.16. The summed E-state index contributed by atoms with van der Waals surface area (Å²) in [6.45, 7) is 3.32. The number of amides is 1. The van der Waals surface area contributed by atoms with E-state index in [1.165, 1.54) is 16.4 Å². The summed E-state index contributed by atoms with van der Waals surface area (Å²) in [6.07, 6.45) is 1.75. The van der Waals surface area contributed by atoms with Gasteiger partial charge in [0.15, 0.2) is 5.69 Å². The number of sulfonamides is 1. The zero-order chi connectivity index (χ0) is 19.4. The topological polar surface area (TPSA) is 88.6 Å². The van der Waals surface area contributed by atoms with Crippen LogP contribution in [0.25, 0.3) is 0 Å². The maximum atomic E-state index is 12.5.